The van der Waals surface area contributed by atoms with E-state index in [0.717, 1.165) is 38.6 Å². The quantitative estimate of drug-likeness (QED) is 0.706. The van der Waals surface area contributed by atoms with Crippen LogP contribution in [0.5, 0.6) is 0 Å². The highest BCUT2D eigenvalue weighted by molar-refractivity contribution is 5.95. The van der Waals surface area contributed by atoms with E-state index < -0.39 is 0 Å². The normalized spacial score (nSPS) is 37.1. The standard InChI is InChI=1S/C14H22N2O2/c1-10-5-6-11(8-10)16-9-13(17)15-7-3-2-4-12(15)14(16)18/h10-12H,2-9H2,1H3. The summed E-state index contributed by atoms with van der Waals surface area (Å²) in [5.41, 5.74) is 0. The summed E-state index contributed by atoms with van der Waals surface area (Å²) in [5, 5.41) is 0. The second kappa shape index (κ2) is 4.56. The van der Waals surface area contributed by atoms with Crippen LogP contribution >= 0.6 is 0 Å². The molecule has 1 aliphatic carbocycles. The Bertz CT molecular complexity index is 369. The molecule has 4 nitrogen and oxygen atoms in total. The molecular weight excluding hydrogens is 228 g/mol. The lowest BCUT2D eigenvalue weighted by atomic mass is 9.97. The van der Waals surface area contributed by atoms with E-state index in [9.17, 15) is 9.59 Å². The molecule has 2 amide bonds. The van der Waals surface area contributed by atoms with Crippen molar-refractivity contribution in [3.05, 3.63) is 0 Å². The Morgan fingerprint density at radius 3 is 2.61 bits per heavy atom. The Kier molecular flexibility index (Phi) is 3.04. The average molecular weight is 250 g/mol. The number of fused-ring (bicyclic) bond motifs is 1. The van der Waals surface area contributed by atoms with Gasteiger partial charge in [-0.1, -0.05) is 6.92 Å². The van der Waals surface area contributed by atoms with Gasteiger partial charge in [0.1, 0.15) is 12.6 Å². The molecule has 3 atom stereocenters. The van der Waals surface area contributed by atoms with Gasteiger partial charge in [-0.25, -0.2) is 0 Å². The summed E-state index contributed by atoms with van der Waals surface area (Å²) in [6.45, 7) is 3.35. The van der Waals surface area contributed by atoms with Crippen LogP contribution in [0.2, 0.25) is 0 Å². The van der Waals surface area contributed by atoms with Crippen molar-refractivity contribution in [2.24, 2.45) is 5.92 Å². The number of rotatable bonds is 1. The summed E-state index contributed by atoms with van der Waals surface area (Å²) < 4.78 is 0. The molecule has 4 heteroatoms. The maximum absolute atomic E-state index is 12.5. The van der Waals surface area contributed by atoms with Crippen LogP contribution < -0.4 is 0 Å². The zero-order valence-corrected chi connectivity index (χ0v) is 11.1. The number of carbonyl (C=O) groups is 2. The Morgan fingerprint density at radius 1 is 1.06 bits per heavy atom. The molecule has 0 aromatic heterocycles. The van der Waals surface area contributed by atoms with E-state index in [1.807, 2.05) is 9.80 Å². The van der Waals surface area contributed by atoms with Crippen molar-refractivity contribution in [1.82, 2.24) is 9.80 Å². The highest BCUT2D eigenvalue weighted by Gasteiger charge is 2.43. The molecule has 3 unspecified atom stereocenters. The third kappa shape index (κ3) is 1.91. The van der Waals surface area contributed by atoms with Gasteiger partial charge < -0.3 is 9.80 Å². The van der Waals surface area contributed by atoms with Crippen LogP contribution in [0.15, 0.2) is 0 Å². The maximum Gasteiger partial charge on any atom is 0.246 e. The molecule has 0 bridgehead atoms. The molecule has 3 aliphatic rings. The SMILES string of the molecule is CC1CCC(N2CC(=O)N3CCCCC3C2=O)C1. The van der Waals surface area contributed by atoms with E-state index in [2.05, 4.69) is 6.92 Å². The van der Waals surface area contributed by atoms with Crippen molar-refractivity contribution in [2.75, 3.05) is 13.1 Å². The summed E-state index contributed by atoms with van der Waals surface area (Å²) in [4.78, 5) is 28.4. The molecule has 2 saturated heterocycles. The molecule has 0 aromatic rings. The number of hydrogen-bond acceptors (Lipinski definition) is 2. The van der Waals surface area contributed by atoms with Crippen molar-refractivity contribution < 1.29 is 9.59 Å². The van der Waals surface area contributed by atoms with E-state index in [-0.39, 0.29) is 17.9 Å². The van der Waals surface area contributed by atoms with Gasteiger partial charge in [0, 0.05) is 12.6 Å². The van der Waals surface area contributed by atoms with Crippen LogP contribution in [-0.2, 0) is 9.59 Å². The van der Waals surface area contributed by atoms with Crippen molar-refractivity contribution in [3.63, 3.8) is 0 Å². The number of amides is 2. The predicted octanol–water partition coefficient (Wildman–Crippen LogP) is 1.40. The zero-order chi connectivity index (χ0) is 12.7. The van der Waals surface area contributed by atoms with Gasteiger partial charge in [-0.2, -0.15) is 0 Å². The molecule has 2 heterocycles. The number of piperidine rings is 1. The highest BCUT2D eigenvalue weighted by atomic mass is 16.2. The van der Waals surface area contributed by atoms with E-state index in [4.69, 9.17) is 0 Å². The van der Waals surface area contributed by atoms with Crippen molar-refractivity contribution in [1.29, 1.82) is 0 Å². The Balaban J connectivity index is 1.76. The lowest BCUT2D eigenvalue weighted by Gasteiger charge is -2.44. The molecule has 1 saturated carbocycles. The van der Waals surface area contributed by atoms with Crippen molar-refractivity contribution in [3.8, 4) is 0 Å². The van der Waals surface area contributed by atoms with Gasteiger partial charge in [0.2, 0.25) is 11.8 Å². The Labute approximate surface area is 108 Å². The third-order valence-electron chi connectivity index (χ3n) is 4.80. The molecule has 3 rings (SSSR count). The van der Waals surface area contributed by atoms with Gasteiger partial charge >= 0.3 is 0 Å². The predicted molar refractivity (Wildman–Crippen MR) is 67.9 cm³/mol. The zero-order valence-electron chi connectivity index (χ0n) is 11.1. The Hall–Kier alpha value is -1.06. The number of nitrogens with zero attached hydrogens (tertiary/aromatic N) is 2. The molecule has 0 spiro atoms. The summed E-state index contributed by atoms with van der Waals surface area (Å²) in [6.07, 6.45) is 6.34. The first-order valence-corrected chi connectivity index (χ1v) is 7.27. The first-order chi connectivity index (χ1) is 8.66. The van der Waals surface area contributed by atoms with Gasteiger partial charge in [0.25, 0.3) is 0 Å². The fraction of sp³-hybridized carbons (Fsp3) is 0.857. The van der Waals surface area contributed by atoms with E-state index in [0.29, 0.717) is 18.5 Å². The smallest absolute Gasteiger partial charge is 0.246 e. The largest absolute Gasteiger partial charge is 0.329 e. The van der Waals surface area contributed by atoms with Gasteiger partial charge in [-0.05, 0) is 44.4 Å². The molecule has 100 valence electrons. The molecule has 0 radical (unpaired) electrons. The second-order valence-electron chi connectivity index (χ2n) is 6.14. The van der Waals surface area contributed by atoms with E-state index >= 15 is 0 Å². The second-order valence-corrected chi connectivity index (χ2v) is 6.14. The summed E-state index contributed by atoms with van der Waals surface area (Å²) in [6, 6.07) is 0.177. The minimum absolute atomic E-state index is 0.143. The monoisotopic (exact) mass is 250 g/mol. The molecule has 0 N–H and O–H groups in total. The van der Waals surface area contributed by atoms with Gasteiger partial charge in [0.05, 0.1) is 0 Å². The topological polar surface area (TPSA) is 40.6 Å². The van der Waals surface area contributed by atoms with Crippen molar-refractivity contribution in [2.45, 2.75) is 57.5 Å². The lowest BCUT2D eigenvalue weighted by molar-refractivity contribution is -0.160. The number of hydrogen-bond donors (Lipinski definition) is 0. The van der Waals surface area contributed by atoms with Crippen LogP contribution in [0.3, 0.4) is 0 Å². The minimum atomic E-state index is -0.143. The van der Waals surface area contributed by atoms with Crippen LogP contribution in [-0.4, -0.2) is 46.8 Å². The van der Waals surface area contributed by atoms with Crippen LogP contribution in [0.4, 0.5) is 0 Å². The average Bonchev–Trinajstić information content (AvgIpc) is 2.80. The van der Waals surface area contributed by atoms with Gasteiger partial charge in [-0.3, -0.25) is 9.59 Å². The fourth-order valence-electron chi connectivity index (χ4n) is 3.76. The van der Waals surface area contributed by atoms with Crippen LogP contribution in [0, 0.1) is 5.92 Å². The number of piperazine rings is 1. The summed E-state index contributed by atoms with van der Waals surface area (Å²) in [7, 11) is 0. The first kappa shape index (κ1) is 12.0. The Morgan fingerprint density at radius 2 is 1.89 bits per heavy atom. The lowest BCUT2D eigenvalue weighted by Crippen LogP contribution is -2.63. The molecule has 18 heavy (non-hydrogen) atoms. The first-order valence-electron chi connectivity index (χ1n) is 7.27. The van der Waals surface area contributed by atoms with Crippen LogP contribution in [0.25, 0.3) is 0 Å². The molecule has 0 aromatic carbocycles. The minimum Gasteiger partial charge on any atom is -0.329 e. The number of carbonyl (C=O) groups excluding carboxylic acids is 2. The maximum atomic E-state index is 12.5. The molecular formula is C14H22N2O2. The molecule has 3 fully saturated rings. The van der Waals surface area contributed by atoms with Crippen molar-refractivity contribution >= 4 is 11.8 Å². The third-order valence-corrected chi connectivity index (χ3v) is 4.80. The summed E-state index contributed by atoms with van der Waals surface area (Å²) >= 11 is 0. The molecule has 2 aliphatic heterocycles. The highest BCUT2D eigenvalue weighted by Crippen LogP contribution is 2.32. The fourth-order valence-corrected chi connectivity index (χ4v) is 3.76. The van der Waals surface area contributed by atoms with Gasteiger partial charge in [-0.15, -0.1) is 0 Å². The van der Waals surface area contributed by atoms with E-state index in [1.54, 1.807) is 0 Å². The van der Waals surface area contributed by atoms with Gasteiger partial charge in [0.15, 0.2) is 0 Å². The van der Waals surface area contributed by atoms with E-state index in [1.165, 1.54) is 6.42 Å². The summed E-state index contributed by atoms with van der Waals surface area (Å²) in [5.74, 6) is 1.08. The van der Waals surface area contributed by atoms with Crippen LogP contribution in [0.1, 0.15) is 45.4 Å².